The summed E-state index contributed by atoms with van der Waals surface area (Å²) in [5.74, 6) is 1.65. The summed E-state index contributed by atoms with van der Waals surface area (Å²) in [6.45, 7) is 0.803. The first-order valence-corrected chi connectivity index (χ1v) is 5.52. The van der Waals surface area contributed by atoms with Crippen molar-refractivity contribution in [3.8, 4) is 0 Å². The van der Waals surface area contributed by atoms with Gasteiger partial charge in [-0.15, -0.1) is 11.3 Å². The van der Waals surface area contributed by atoms with E-state index in [1.54, 1.807) is 17.7 Å². The van der Waals surface area contributed by atoms with E-state index in [-0.39, 0.29) is 0 Å². The summed E-state index contributed by atoms with van der Waals surface area (Å²) in [4.78, 5) is 9.46. The summed E-state index contributed by atoms with van der Waals surface area (Å²) < 4.78 is 0. The summed E-state index contributed by atoms with van der Waals surface area (Å²) >= 11 is 1.73. The standard InChI is InChI=1S/C10H12N4S/c1-11-9-5-10(14-7-13-9)12-6-8-3-2-4-15-8/h2-5,7H,6H2,1H3,(H2,11,12,13,14). The summed E-state index contributed by atoms with van der Waals surface area (Å²) in [7, 11) is 1.84. The normalized spacial score (nSPS) is 9.93. The maximum atomic E-state index is 4.13. The van der Waals surface area contributed by atoms with Crippen molar-refractivity contribution < 1.29 is 0 Å². The third kappa shape index (κ3) is 2.66. The number of thiophene rings is 1. The van der Waals surface area contributed by atoms with E-state index >= 15 is 0 Å². The zero-order valence-corrected chi connectivity index (χ0v) is 9.21. The minimum atomic E-state index is 0.803. The molecule has 0 aliphatic heterocycles. The van der Waals surface area contributed by atoms with Gasteiger partial charge in [0.1, 0.15) is 18.0 Å². The van der Waals surface area contributed by atoms with Crippen LogP contribution in [0.2, 0.25) is 0 Å². The fourth-order valence-electron chi connectivity index (χ4n) is 1.18. The predicted octanol–water partition coefficient (Wildman–Crippen LogP) is 2.19. The molecule has 0 spiro atoms. The number of hydrogen-bond donors (Lipinski definition) is 2. The number of rotatable bonds is 4. The lowest BCUT2D eigenvalue weighted by molar-refractivity contribution is 1.10. The molecule has 5 heteroatoms. The van der Waals surface area contributed by atoms with Gasteiger partial charge in [-0.05, 0) is 11.4 Å². The van der Waals surface area contributed by atoms with Crippen LogP contribution in [0.1, 0.15) is 4.88 Å². The van der Waals surface area contributed by atoms with Gasteiger partial charge in [-0.25, -0.2) is 9.97 Å². The Balaban J connectivity index is 1.98. The van der Waals surface area contributed by atoms with Gasteiger partial charge in [0.25, 0.3) is 0 Å². The van der Waals surface area contributed by atoms with Gasteiger partial charge >= 0.3 is 0 Å². The fourth-order valence-corrected chi connectivity index (χ4v) is 1.83. The molecule has 0 saturated carbocycles. The molecule has 0 bridgehead atoms. The highest BCUT2D eigenvalue weighted by atomic mass is 32.1. The Hall–Kier alpha value is -1.62. The van der Waals surface area contributed by atoms with Gasteiger partial charge < -0.3 is 10.6 Å². The molecule has 78 valence electrons. The molecular weight excluding hydrogens is 208 g/mol. The van der Waals surface area contributed by atoms with Gasteiger partial charge in [0.05, 0.1) is 6.54 Å². The highest BCUT2D eigenvalue weighted by Gasteiger charge is 1.97. The number of aromatic nitrogens is 2. The first kappa shape index (κ1) is 9.92. The van der Waals surface area contributed by atoms with Crippen LogP contribution in [0.4, 0.5) is 11.6 Å². The first-order chi connectivity index (χ1) is 7.38. The Kier molecular flexibility index (Phi) is 3.14. The Morgan fingerprint density at radius 3 is 2.93 bits per heavy atom. The summed E-state index contributed by atoms with van der Waals surface area (Å²) in [6, 6.07) is 6.02. The summed E-state index contributed by atoms with van der Waals surface area (Å²) in [6.07, 6.45) is 1.54. The molecule has 0 atom stereocenters. The van der Waals surface area contributed by atoms with E-state index in [4.69, 9.17) is 0 Å². The number of nitrogens with one attached hydrogen (secondary N) is 2. The summed E-state index contributed by atoms with van der Waals surface area (Å²) in [5, 5.41) is 8.28. The van der Waals surface area contributed by atoms with Crippen LogP contribution in [0.3, 0.4) is 0 Å². The van der Waals surface area contributed by atoms with Gasteiger partial charge in [-0.3, -0.25) is 0 Å². The van der Waals surface area contributed by atoms with Crippen LogP contribution in [0.5, 0.6) is 0 Å². The Labute approximate surface area is 92.4 Å². The minimum Gasteiger partial charge on any atom is -0.373 e. The topological polar surface area (TPSA) is 49.8 Å². The number of nitrogens with zero attached hydrogens (tertiary/aromatic N) is 2. The van der Waals surface area contributed by atoms with Gasteiger partial charge in [0, 0.05) is 18.0 Å². The van der Waals surface area contributed by atoms with Gasteiger partial charge in [0.2, 0.25) is 0 Å². The summed E-state index contributed by atoms with van der Waals surface area (Å²) in [5.41, 5.74) is 0. The molecule has 15 heavy (non-hydrogen) atoms. The zero-order valence-electron chi connectivity index (χ0n) is 8.40. The highest BCUT2D eigenvalue weighted by molar-refractivity contribution is 7.09. The lowest BCUT2D eigenvalue weighted by Gasteiger charge is -2.04. The molecule has 4 nitrogen and oxygen atoms in total. The van der Waals surface area contributed by atoms with Crippen molar-refractivity contribution in [1.29, 1.82) is 0 Å². The third-order valence-corrected chi connectivity index (χ3v) is 2.82. The van der Waals surface area contributed by atoms with E-state index < -0.39 is 0 Å². The maximum Gasteiger partial charge on any atom is 0.131 e. The minimum absolute atomic E-state index is 0.803. The molecular formula is C10H12N4S. The number of anilines is 2. The van der Waals surface area contributed by atoms with Crippen LogP contribution >= 0.6 is 11.3 Å². The predicted molar refractivity (Wildman–Crippen MR) is 63.2 cm³/mol. The second-order valence-corrected chi connectivity index (χ2v) is 4.00. The van der Waals surface area contributed by atoms with Crippen molar-refractivity contribution in [2.75, 3.05) is 17.7 Å². The largest absolute Gasteiger partial charge is 0.373 e. The van der Waals surface area contributed by atoms with Gasteiger partial charge in [-0.1, -0.05) is 6.07 Å². The van der Waals surface area contributed by atoms with Crippen LogP contribution in [0, 0.1) is 0 Å². The quantitative estimate of drug-likeness (QED) is 0.829. The van der Waals surface area contributed by atoms with Crippen LogP contribution < -0.4 is 10.6 Å². The Morgan fingerprint density at radius 1 is 1.33 bits per heavy atom. The molecule has 0 aromatic carbocycles. The van der Waals surface area contributed by atoms with Gasteiger partial charge in [-0.2, -0.15) is 0 Å². The van der Waals surface area contributed by atoms with Crippen molar-refractivity contribution >= 4 is 23.0 Å². The zero-order chi connectivity index (χ0) is 10.5. The average molecular weight is 220 g/mol. The lowest BCUT2D eigenvalue weighted by Crippen LogP contribution is -2.01. The van der Waals surface area contributed by atoms with Crippen LogP contribution in [0.15, 0.2) is 29.9 Å². The lowest BCUT2D eigenvalue weighted by atomic mass is 10.4. The smallest absolute Gasteiger partial charge is 0.131 e. The van der Waals surface area contributed by atoms with E-state index in [0.717, 1.165) is 18.2 Å². The van der Waals surface area contributed by atoms with Crippen molar-refractivity contribution in [1.82, 2.24) is 9.97 Å². The Bertz CT molecular complexity index is 413. The molecule has 2 aromatic rings. The maximum absolute atomic E-state index is 4.13. The monoisotopic (exact) mass is 220 g/mol. The van der Waals surface area contributed by atoms with E-state index in [1.165, 1.54) is 4.88 Å². The Morgan fingerprint density at radius 2 is 2.20 bits per heavy atom. The second-order valence-electron chi connectivity index (χ2n) is 2.97. The molecule has 2 heterocycles. The van der Waals surface area contributed by atoms with E-state index in [0.29, 0.717) is 0 Å². The van der Waals surface area contributed by atoms with Crippen molar-refractivity contribution in [3.05, 3.63) is 34.8 Å². The van der Waals surface area contributed by atoms with Crippen molar-refractivity contribution in [3.63, 3.8) is 0 Å². The number of hydrogen-bond acceptors (Lipinski definition) is 5. The molecule has 0 aliphatic rings. The van der Waals surface area contributed by atoms with Crippen LogP contribution in [-0.4, -0.2) is 17.0 Å². The molecule has 0 fully saturated rings. The SMILES string of the molecule is CNc1cc(NCc2cccs2)ncn1. The van der Waals surface area contributed by atoms with Gasteiger partial charge in [0.15, 0.2) is 0 Å². The van der Waals surface area contributed by atoms with Crippen molar-refractivity contribution in [2.24, 2.45) is 0 Å². The van der Waals surface area contributed by atoms with E-state index in [2.05, 4.69) is 32.0 Å². The highest BCUT2D eigenvalue weighted by Crippen LogP contribution is 2.12. The van der Waals surface area contributed by atoms with E-state index in [9.17, 15) is 0 Å². The van der Waals surface area contributed by atoms with Crippen molar-refractivity contribution in [2.45, 2.75) is 6.54 Å². The first-order valence-electron chi connectivity index (χ1n) is 4.64. The fraction of sp³-hybridized carbons (Fsp3) is 0.200. The molecule has 0 amide bonds. The molecule has 0 radical (unpaired) electrons. The molecule has 2 rings (SSSR count). The second kappa shape index (κ2) is 4.75. The molecule has 0 unspecified atom stereocenters. The molecule has 0 aliphatic carbocycles. The van der Waals surface area contributed by atoms with E-state index in [1.807, 2.05) is 19.2 Å². The molecule has 0 saturated heterocycles. The molecule has 2 aromatic heterocycles. The molecule has 2 N–H and O–H groups in total. The average Bonchev–Trinajstić information content (AvgIpc) is 2.79. The third-order valence-electron chi connectivity index (χ3n) is 1.95. The van der Waals surface area contributed by atoms with Crippen LogP contribution in [0.25, 0.3) is 0 Å². The van der Waals surface area contributed by atoms with Crippen LogP contribution in [-0.2, 0) is 6.54 Å².